The van der Waals surface area contributed by atoms with Gasteiger partial charge in [0, 0.05) is 23.9 Å². The predicted octanol–water partition coefficient (Wildman–Crippen LogP) is 3.05. The number of rotatable bonds is 10. The molecule has 0 spiro atoms. The van der Waals surface area contributed by atoms with Crippen LogP contribution in [0.1, 0.15) is 41.3 Å². The van der Waals surface area contributed by atoms with E-state index >= 15 is 0 Å². The third-order valence-corrected chi connectivity index (χ3v) is 6.28. The number of anilines is 2. The Kier molecular flexibility index (Phi) is 8.62. The van der Waals surface area contributed by atoms with Crippen LogP contribution >= 0.6 is 0 Å². The summed E-state index contributed by atoms with van der Waals surface area (Å²) in [5.74, 6) is -0.569. The molecule has 0 fully saturated rings. The molecule has 0 saturated carbocycles. The summed E-state index contributed by atoms with van der Waals surface area (Å²) in [5.41, 5.74) is 7.41. The number of nitrogens with one attached hydrogen (secondary N) is 3. The Morgan fingerprint density at radius 2 is 1.87 bits per heavy atom. The van der Waals surface area contributed by atoms with Crippen LogP contribution in [0.4, 0.5) is 11.6 Å². The van der Waals surface area contributed by atoms with Crippen LogP contribution in [0.3, 0.4) is 0 Å². The molecule has 0 saturated heterocycles. The van der Waals surface area contributed by atoms with Crippen LogP contribution in [0, 0.1) is 0 Å². The van der Waals surface area contributed by atoms with E-state index < -0.39 is 23.5 Å². The largest absolute Gasteiger partial charge is 0.497 e. The minimum absolute atomic E-state index is 0.0931. The Morgan fingerprint density at radius 3 is 2.56 bits per heavy atom. The summed E-state index contributed by atoms with van der Waals surface area (Å²) in [6, 6.07) is 16.0. The molecule has 1 aliphatic rings. The van der Waals surface area contributed by atoms with Gasteiger partial charge in [0.2, 0.25) is 0 Å². The highest BCUT2D eigenvalue weighted by Crippen LogP contribution is 2.44. The average molecular weight is 534 g/mol. The zero-order valence-corrected chi connectivity index (χ0v) is 22.2. The zero-order valence-electron chi connectivity index (χ0n) is 22.2. The summed E-state index contributed by atoms with van der Waals surface area (Å²) in [4.78, 5) is 43.6. The van der Waals surface area contributed by atoms with Gasteiger partial charge in [-0.3, -0.25) is 20.2 Å². The van der Waals surface area contributed by atoms with Gasteiger partial charge in [0.25, 0.3) is 5.91 Å². The molecule has 0 aliphatic carbocycles. The standard InChI is InChI=1S/C28H31N5O6/c1-5-39-27(35)21-17(2)29-25-23(22(21)18-10-7-6-8-11-18)24(30-28(36)33(25)14-15-37-3)31-32-26(34)19-12-9-13-20(16-19)38-4/h6-13,16,22,29H,5,14-15H2,1-4H3,(H,32,34)(H,30,31,36). The second-order valence-corrected chi connectivity index (χ2v) is 8.69. The van der Waals surface area contributed by atoms with Crippen molar-refractivity contribution < 1.29 is 23.8 Å². The Balaban J connectivity index is 1.85. The lowest BCUT2D eigenvalue weighted by Crippen LogP contribution is -2.37. The molecule has 11 nitrogen and oxygen atoms in total. The van der Waals surface area contributed by atoms with Crippen LogP contribution in [0.5, 0.6) is 5.75 Å². The Morgan fingerprint density at radius 1 is 1.10 bits per heavy atom. The number of hydrogen-bond acceptors (Lipinski definition) is 9. The molecule has 11 heteroatoms. The van der Waals surface area contributed by atoms with Crippen LogP contribution in [-0.4, -0.2) is 48.9 Å². The summed E-state index contributed by atoms with van der Waals surface area (Å²) in [6.45, 7) is 4.17. The molecule has 0 bridgehead atoms. The maximum Gasteiger partial charge on any atom is 0.351 e. The van der Waals surface area contributed by atoms with Crippen molar-refractivity contribution in [2.45, 2.75) is 26.3 Å². The molecule has 1 amide bonds. The fourth-order valence-corrected chi connectivity index (χ4v) is 4.48. The van der Waals surface area contributed by atoms with Crippen molar-refractivity contribution in [1.29, 1.82) is 0 Å². The van der Waals surface area contributed by atoms with Gasteiger partial charge in [0.1, 0.15) is 11.6 Å². The number of methoxy groups -OCH3 is 2. The molecule has 204 valence electrons. The summed E-state index contributed by atoms with van der Waals surface area (Å²) < 4.78 is 17.3. The molecule has 1 aromatic heterocycles. The van der Waals surface area contributed by atoms with Crippen molar-refractivity contribution >= 4 is 23.5 Å². The second-order valence-electron chi connectivity index (χ2n) is 8.69. The van der Waals surface area contributed by atoms with Crippen LogP contribution in [0.15, 0.2) is 70.7 Å². The minimum atomic E-state index is -0.653. The number of allylic oxidation sites excluding steroid dienone is 1. The number of carbonyl (C=O) groups is 2. The van der Waals surface area contributed by atoms with Crippen molar-refractivity contribution in [2.75, 3.05) is 38.2 Å². The highest BCUT2D eigenvalue weighted by molar-refractivity contribution is 5.97. The van der Waals surface area contributed by atoms with E-state index in [1.807, 2.05) is 30.3 Å². The molecule has 3 N–H and O–H groups in total. The number of benzene rings is 2. The number of carbonyl (C=O) groups excluding carboxylic acids is 2. The normalized spacial score (nSPS) is 14.2. The average Bonchev–Trinajstić information content (AvgIpc) is 2.95. The van der Waals surface area contributed by atoms with Crippen LogP contribution in [-0.2, 0) is 20.8 Å². The minimum Gasteiger partial charge on any atom is -0.497 e. The molecule has 4 rings (SSSR count). The second kappa shape index (κ2) is 12.3. The lowest BCUT2D eigenvalue weighted by atomic mass is 9.82. The number of esters is 1. The number of ether oxygens (including phenoxy) is 3. The number of hydrazine groups is 1. The lowest BCUT2D eigenvalue weighted by Gasteiger charge is -2.32. The molecule has 39 heavy (non-hydrogen) atoms. The van der Waals surface area contributed by atoms with Crippen molar-refractivity contribution in [1.82, 2.24) is 15.0 Å². The van der Waals surface area contributed by atoms with Gasteiger partial charge < -0.3 is 19.5 Å². The fourth-order valence-electron chi connectivity index (χ4n) is 4.48. The summed E-state index contributed by atoms with van der Waals surface area (Å²) in [5, 5.41) is 3.22. The molecule has 2 heterocycles. The van der Waals surface area contributed by atoms with E-state index in [0.717, 1.165) is 5.56 Å². The van der Waals surface area contributed by atoms with Crippen LogP contribution in [0.2, 0.25) is 0 Å². The first-order valence-electron chi connectivity index (χ1n) is 12.4. The van der Waals surface area contributed by atoms with Gasteiger partial charge in [-0.1, -0.05) is 36.4 Å². The summed E-state index contributed by atoms with van der Waals surface area (Å²) in [6.07, 6.45) is 0. The number of amides is 1. The lowest BCUT2D eigenvalue weighted by molar-refractivity contribution is -0.138. The van der Waals surface area contributed by atoms with Gasteiger partial charge in [-0.15, -0.1) is 0 Å². The molecule has 2 aromatic carbocycles. The molecule has 1 atom stereocenters. The predicted molar refractivity (Wildman–Crippen MR) is 146 cm³/mol. The SMILES string of the molecule is CCOC(=O)C1=C(C)Nc2c(c(NNC(=O)c3cccc(OC)c3)nc(=O)n2CCOC)C1c1ccccc1. The topological polar surface area (TPSA) is 133 Å². The number of fused-ring (bicyclic) bond motifs is 1. The number of aromatic nitrogens is 2. The van der Waals surface area contributed by atoms with E-state index in [2.05, 4.69) is 21.2 Å². The van der Waals surface area contributed by atoms with E-state index in [4.69, 9.17) is 14.2 Å². The van der Waals surface area contributed by atoms with Gasteiger partial charge in [0.15, 0.2) is 5.82 Å². The Hall–Kier alpha value is -4.64. The molecule has 3 aromatic rings. The van der Waals surface area contributed by atoms with Gasteiger partial charge in [0.05, 0.1) is 38.4 Å². The third kappa shape index (κ3) is 5.78. The highest BCUT2D eigenvalue weighted by Gasteiger charge is 2.37. The number of nitrogens with zero attached hydrogens (tertiary/aromatic N) is 2. The van der Waals surface area contributed by atoms with Crippen molar-refractivity contribution in [3.8, 4) is 5.75 Å². The van der Waals surface area contributed by atoms with Crippen molar-refractivity contribution in [2.24, 2.45) is 0 Å². The van der Waals surface area contributed by atoms with Crippen LogP contribution in [0.25, 0.3) is 0 Å². The maximum absolute atomic E-state index is 13.2. The Bertz CT molecular complexity index is 1450. The first-order chi connectivity index (χ1) is 18.9. The smallest absolute Gasteiger partial charge is 0.351 e. The van der Waals surface area contributed by atoms with Crippen LogP contribution < -0.4 is 26.6 Å². The molecular weight excluding hydrogens is 502 g/mol. The number of hydrogen-bond donors (Lipinski definition) is 3. The van der Waals surface area contributed by atoms with Crippen molar-refractivity contribution in [3.05, 3.63) is 93.0 Å². The summed E-state index contributed by atoms with van der Waals surface area (Å²) in [7, 11) is 3.05. The highest BCUT2D eigenvalue weighted by atomic mass is 16.5. The molecule has 0 radical (unpaired) electrons. The van der Waals surface area contributed by atoms with Gasteiger partial charge in [-0.25, -0.2) is 9.59 Å². The fraction of sp³-hybridized carbons (Fsp3) is 0.286. The molecule has 1 aliphatic heterocycles. The van der Waals surface area contributed by atoms with E-state index in [0.29, 0.717) is 34.0 Å². The maximum atomic E-state index is 13.2. The quantitative estimate of drug-likeness (QED) is 0.266. The first-order valence-corrected chi connectivity index (χ1v) is 12.4. The van der Waals surface area contributed by atoms with Gasteiger partial charge >= 0.3 is 11.7 Å². The molecular formula is C28H31N5O6. The first kappa shape index (κ1) is 27.4. The monoisotopic (exact) mass is 533 g/mol. The van der Waals surface area contributed by atoms with E-state index in [1.165, 1.54) is 11.7 Å². The van der Waals surface area contributed by atoms with Crippen molar-refractivity contribution in [3.63, 3.8) is 0 Å². The van der Waals surface area contributed by atoms with E-state index in [9.17, 15) is 14.4 Å². The van der Waals surface area contributed by atoms with E-state index in [-0.39, 0.29) is 25.6 Å². The summed E-state index contributed by atoms with van der Waals surface area (Å²) >= 11 is 0. The third-order valence-electron chi connectivity index (χ3n) is 6.28. The van der Waals surface area contributed by atoms with Gasteiger partial charge in [-0.05, 0) is 37.6 Å². The Labute approximate surface area is 225 Å². The zero-order chi connectivity index (χ0) is 27.9. The van der Waals surface area contributed by atoms with Gasteiger partial charge in [-0.2, -0.15) is 4.98 Å². The van der Waals surface area contributed by atoms with E-state index in [1.54, 1.807) is 45.2 Å². The molecule has 1 unspecified atom stereocenters.